The van der Waals surface area contributed by atoms with Crippen LogP contribution in [0.3, 0.4) is 0 Å². The lowest BCUT2D eigenvalue weighted by molar-refractivity contribution is -0.136. The standard InChI is InChI=1S/C11H9NO3/c13-11(14)5-9-6-12-3-1-10(9)8-2-4-15-7-8/h1-4,6-7H,5H2,(H,13,14). The molecule has 2 aromatic rings. The Morgan fingerprint density at radius 3 is 3.00 bits per heavy atom. The largest absolute Gasteiger partial charge is 0.481 e. The Labute approximate surface area is 86.2 Å². The summed E-state index contributed by atoms with van der Waals surface area (Å²) in [5.74, 6) is -0.868. The molecule has 1 N–H and O–H groups in total. The van der Waals surface area contributed by atoms with Crippen molar-refractivity contribution < 1.29 is 14.3 Å². The van der Waals surface area contributed by atoms with E-state index in [9.17, 15) is 4.79 Å². The summed E-state index contributed by atoms with van der Waals surface area (Å²) in [7, 11) is 0. The van der Waals surface area contributed by atoms with Crippen LogP contribution in [0, 0.1) is 0 Å². The van der Waals surface area contributed by atoms with Gasteiger partial charge in [0.2, 0.25) is 0 Å². The van der Waals surface area contributed by atoms with Crippen molar-refractivity contribution in [1.29, 1.82) is 0 Å². The lowest BCUT2D eigenvalue weighted by Gasteiger charge is -2.03. The fourth-order valence-corrected chi connectivity index (χ4v) is 1.43. The summed E-state index contributed by atoms with van der Waals surface area (Å²) in [6, 6.07) is 3.57. The van der Waals surface area contributed by atoms with E-state index in [1.54, 1.807) is 37.1 Å². The Kier molecular flexibility index (Phi) is 2.49. The van der Waals surface area contributed by atoms with Crippen LogP contribution in [0.5, 0.6) is 0 Å². The van der Waals surface area contributed by atoms with Crippen LogP contribution >= 0.6 is 0 Å². The number of hydrogen-bond donors (Lipinski definition) is 1. The summed E-state index contributed by atoms with van der Waals surface area (Å²) in [6.45, 7) is 0. The number of carbonyl (C=O) groups is 1. The second-order valence-corrected chi connectivity index (χ2v) is 3.12. The third-order valence-corrected chi connectivity index (χ3v) is 2.08. The van der Waals surface area contributed by atoms with E-state index in [0.29, 0.717) is 5.56 Å². The van der Waals surface area contributed by atoms with Crippen LogP contribution in [0.4, 0.5) is 0 Å². The quantitative estimate of drug-likeness (QED) is 0.828. The summed E-state index contributed by atoms with van der Waals surface area (Å²) >= 11 is 0. The molecule has 0 bridgehead atoms. The van der Waals surface area contributed by atoms with Gasteiger partial charge in [-0.2, -0.15) is 0 Å². The molecule has 76 valence electrons. The van der Waals surface area contributed by atoms with Gasteiger partial charge in [-0.1, -0.05) is 0 Å². The summed E-state index contributed by atoms with van der Waals surface area (Å²) < 4.78 is 4.96. The van der Waals surface area contributed by atoms with Gasteiger partial charge in [0.25, 0.3) is 0 Å². The number of carboxylic acid groups (broad SMARTS) is 1. The molecule has 0 fully saturated rings. The van der Waals surface area contributed by atoms with Crippen LogP contribution in [-0.2, 0) is 11.2 Å². The zero-order chi connectivity index (χ0) is 10.7. The van der Waals surface area contributed by atoms with E-state index < -0.39 is 5.97 Å². The molecule has 15 heavy (non-hydrogen) atoms. The molecule has 0 spiro atoms. The van der Waals surface area contributed by atoms with Gasteiger partial charge in [-0.3, -0.25) is 9.78 Å². The first-order valence-corrected chi connectivity index (χ1v) is 4.44. The molecule has 0 saturated heterocycles. The van der Waals surface area contributed by atoms with Gasteiger partial charge in [-0.05, 0) is 23.3 Å². The molecule has 4 nitrogen and oxygen atoms in total. The second kappa shape index (κ2) is 3.96. The number of furan rings is 1. The molecule has 0 radical (unpaired) electrons. The van der Waals surface area contributed by atoms with Crippen LogP contribution in [0.2, 0.25) is 0 Å². The zero-order valence-corrected chi connectivity index (χ0v) is 7.88. The minimum Gasteiger partial charge on any atom is -0.481 e. The maximum absolute atomic E-state index is 10.6. The maximum Gasteiger partial charge on any atom is 0.307 e. The average Bonchev–Trinajstić information content (AvgIpc) is 2.70. The van der Waals surface area contributed by atoms with Crippen LogP contribution in [-0.4, -0.2) is 16.1 Å². The summed E-state index contributed by atoms with van der Waals surface area (Å²) in [5.41, 5.74) is 2.40. The third-order valence-electron chi connectivity index (χ3n) is 2.08. The molecule has 0 aliphatic rings. The average molecular weight is 203 g/mol. The van der Waals surface area contributed by atoms with Gasteiger partial charge >= 0.3 is 5.97 Å². The first kappa shape index (κ1) is 9.45. The van der Waals surface area contributed by atoms with E-state index in [-0.39, 0.29) is 6.42 Å². The minimum absolute atomic E-state index is 0.0334. The number of aliphatic carboxylic acids is 1. The van der Waals surface area contributed by atoms with E-state index in [1.807, 2.05) is 0 Å². The highest BCUT2D eigenvalue weighted by Crippen LogP contribution is 2.23. The van der Waals surface area contributed by atoms with Crippen LogP contribution in [0.1, 0.15) is 5.56 Å². The number of aromatic nitrogens is 1. The minimum atomic E-state index is -0.868. The first-order valence-electron chi connectivity index (χ1n) is 4.44. The molecule has 0 atom stereocenters. The van der Waals surface area contributed by atoms with Crippen molar-refractivity contribution in [1.82, 2.24) is 4.98 Å². The van der Waals surface area contributed by atoms with Crippen LogP contribution < -0.4 is 0 Å². The van der Waals surface area contributed by atoms with Gasteiger partial charge < -0.3 is 9.52 Å². The van der Waals surface area contributed by atoms with E-state index >= 15 is 0 Å². The fraction of sp³-hybridized carbons (Fsp3) is 0.0909. The molecule has 2 heterocycles. The Bertz CT molecular complexity index is 462. The number of hydrogen-bond acceptors (Lipinski definition) is 3. The van der Waals surface area contributed by atoms with Gasteiger partial charge in [0.15, 0.2) is 0 Å². The molecule has 2 rings (SSSR count). The van der Waals surface area contributed by atoms with Crippen molar-refractivity contribution in [3.63, 3.8) is 0 Å². The molecule has 0 unspecified atom stereocenters. The lowest BCUT2D eigenvalue weighted by Crippen LogP contribution is -2.02. The Balaban J connectivity index is 2.42. The van der Waals surface area contributed by atoms with Gasteiger partial charge in [0, 0.05) is 18.0 Å². The van der Waals surface area contributed by atoms with Gasteiger partial charge in [0.1, 0.15) is 0 Å². The van der Waals surface area contributed by atoms with Gasteiger partial charge in [0.05, 0.1) is 18.9 Å². The van der Waals surface area contributed by atoms with Crippen molar-refractivity contribution in [2.75, 3.05) is 0 Å². The second-order valence-electron chi connectivity index (χ2n) is 3.12. The predicted molar refractivity (Wildman–Crippen MR) is 53.3 cm³/mol. The van der Waals surface area contributed by atoms with Gasteiger partial charge in [-0.25, -0.2) is 0 Å². The Morgan fingerprint density at radius 2 is 2.33 bits per heavy atom. The SMILES string of the molecule is O=C(O)Cc1cnccc1-c1ccoc1. The molecule has 0 saturated carbocycles. The Hall–Kier alpha value is -2.10. The third kappa shape index (κ3) is 2.04. The van der Waals surface area contributed by atoms with Crippen molar-refractivity contribution in [2.24, 2.45) is 0 Å². The van der Waals surface area contributed by atoms with E-state index in [4.69, 9.17) is 9.52 Å². The van der Waals surface area contributed by atoms with Gasteiger partial charge in [-0.15, -0.1) is 0 Å². The Morgan fingerprint density at radius 1 is 1.47 bits per heavy atom. The molecular formula is C11H9NO3. The highest BCUT2D eigenvalue weighted by atomic mass is 16.4. The topological polar surface area (TPSA) is 63.3 Å². The predicted octanol–water partition coefficient (Wildman–Crippen LogP) is 1.97. The molecule has 0 aliphatic heterocycles. The number of carboxylic acids is 1. The first-order chi connectivity index (χ1) is 7.27. The number of pyridine rings is 1. The highest BCUT2D eigenvalue weighted by molar-refractivity contribution is 5.75. The molecule has 0 amide bonds. The molecular weight excluding hydrogens is 194 g/mol. The van der Waals surface area contributed by atoms with Crippen LogP contribution in [0.15, 0.2) is 41.5 Å². The smallest absolute Gasteiger partial charge is 0.307 e. The summed E-state index contributed by atoms with van der Waals surface area (Å²) in [4.78, 5) is 14.6. The molecule has 0 aliphatic carbocycles. The molecule has 4 heteroatoms. The van der Waals surface area contributed by atoms with Crippen molar-refractivity contribution in [2.45, 2.75) is 6.42 Å². The number of nitrogens with zero attached hydrogens (tertiary/aromatic N) is 1. The summed E-state index contributed by atoms with van der Waals surface area (Å²) in [5, 5.41) is 8.74. The summed E-state index contributed by atoms with van der Waals surface area (Å²) in [6.07, 6.45) is 6.31. The molecule has 0 aromatic carbocycles. The van der Waals surface area contributed by atoms with Crippen molar-refractivity contribution in [3.05, 3.63) is 42.6 Å². The fourth-order valence-electron chi connectivity index (χ4n) is 1.43. The van der Waals surface area contributed by atoms with E-state index in [2.05, 4.69) is 4.98 Å². The van der Waals surface area contributed by atoms with Crippen molar-refractivity contribution >= 4 is 5.97 Å². The van der Waals surface area contributed by atoms with Crippen LogP contribution in [0.25, 0.3) is 11.1 Å². The molecule has 2 aromatic heterocycles. The lowest BCUT2D eigenvalue weighted by atomic mass is 10.0. The maximum atomic E-state index is 10.6. The number of rotatable bonds is 3. The monoisotopic (exact) mass is 203 g/mol. The zero-order valence-electron chi connectivity index (χ0n) is 7.88. The van der Waals surface area contributed by atoms with E-state index in [1.165, 1.54) is 0 Å². The van der Waals surface area contributed by atoms with Crippen molar-refractivity contribution in [3.8, 4) is 11.1 Å². The normalized spacial score (nSPS) is 10.1. The highest BCUT2D eigenvalue weighted by Gasteiger charge is 2.09. The van der Waals surface area contributed by atoms with E-state index in [0.717, 1.165) is 11.1 Å².